The second-order valence-electron chi connectivity index (χ2n) is 6.36. The third-order valence-electron chi connectivity index (χ3n) is 4.37. The molecule has 23 heavy (non-hydrogen) atoms. The van der Waals surface area contributed by atoms with E-state index in [1.807, 2.05) is 0 Å². The van der Waals surface area contributed by atoms with E-state index in [0.717, 1.165) is 13.1 Å². The van der Waals surface area contributed by atoms with Crippen LogP contribution >= 0.6 is 0 Å². The Labute approximate surface area is 142 Å². The molecule has 2 aromatic carbocycles. The SMILES string of the molecule is CCCCCCCCCN(Cc1ccccc1)c1ccccc1. The van der Waals surface area contributed by atoms with E-state index < -0.39 is 0 Å². The number of benzene rings is 2. The molecule has 0 aliphatic rings. The summed E-state index contributed by atoms with van der Waals surface area (Å²) in [7, 11) is 0. The minimum absolute atomic E-state index is 1.00. The van der Waals surface area contributed by atoms with Gasteiger partial charge in [0.25, 0.3) is 0 Å². The molecule has 0 radical (unpaired) electrons. The first kappa shape index (κ1) is 17.6. The summed E-state index contributed by atoms with van der Waals surface area (Å²) < 4.78 is 0. The Hall–Kier alpha value is -1.76. The molecule has 0 heterocycles. The van der Waals surface area contributed by atoms with Gasteiger partial charge in [0.05, 0.1) is 0 Å². The number of hydrogen-bond acceptors (Lipinski definition) is 1. The standard InChI is InChI=1S/C22H31N/c1-2-3-4-5-6-7-14-19-23(22-17-12-9-13-18-22)20-21-15-10-8-11-16-21/h8-13,15-18H,2-7,14,19-20H2,1H3. The molecular formula is C22H31N. The highest BCUT2D eigenvalue weighted by atomic mass is 15.1. The first-order valence-corrected chi connectivity index (χ1v) is 9.24. The van der Waals surface area contributed by atoms with E-state index >= 15 is 0 Å². The molecule has 0 spiro atoms. The van der Waals surface area contributed by atoms with Crippen molar-refractivity contribution >= 4 is 5.69 Å². The van der Waals surface area contributed by atoms with Crippen LogP contribution in [0.25, 0.3) is 0 Å². The highest BCUT2D eigenvalue weighted by molar-refractivity contribution is 5.46. The Morgan fingerprint density at radius 2 is 1.22 bits per heavy atom. The Bertz CT molecular complexity index is 506. The van der Waals surface area contributed by atoms with E-state index in [1.54, 1.807) is 0 Å². The van der Waals surface area contributed by atoms with Gasteiger partial charge in [-0.2, -0.15) is 0 Å². The summed E-state index contributed by atoms with van der Waals surface area (Å²) >= 11 is 0. The summed E-state index contributed by atoms with van der Waals surface area (Å²) in [5.74, 6) is 0. The van der Waals surface area contributed by atoms with E-state index in [4.69, 9.17) is 0 Å². The second-order valence-corrected chi connectivity index (χ2v) is 6.36. The number of nitrogens with zero attached hydrogens (tertiary/aromatic N) is 1. The Morgan fingerprint density at radius 1 is 0.652 bits per heavy atom. The van der Waals surface area contributed by atoms with E-state index in [2.05, 4.69) is 72.5 Å². The van der Waals surface area contributed by atoms with Crippen LogP contribution in [0.15, 0.2) is 60.7 Å². The molecule has 1 heteroatoms. The molecule has 0 saturated carbocycles. The summed E-state index contributed by atoms with van der Waals surface area (Å²) in [6.07, 6.45) is 9.55. The van der Waals surface area contributed by atoms with Crippen molar-refractivity contribution in [3.8, 4) is 0 Å². The fraction of sp³-hybridized carbons (Fsp3) is 0.455. The molecular weight excluding hydrogens is 278 g/mol. The maximum Gasteiger partial charge on any atom is 0.0429 e. The Balaban J connectivity index is 1.82. The van der Waals surface area contributed by atoms with Crippen LogP contribution in [0, 0.1) is 0 Å². The van der Waals surface area contributed by atoms with Crippen LogP contribution in [0.2, 0.25) is 0 Å². The predicted molar refractivity (Wildman–Crippen MR) is 102 cm³/mol. The van der Waals surface area contributed by atoms with Gasteiger partial charge >= 0.3 is 0 Å². The third-order valence-corrected chi connectivity index (χ3v) is 4.37. The summed E-state index contributed by atoms with van der Waals surface area (Å²) in [4.78, 5) is 2.52. The van der Waals surface area contributed by atoms with Gasteiger partial charge in [-0.15, -0.1) is 0 Å². The van der Waals surface area contributed by atoms with Crippen LogP contribution in [0.1, 0.15) is 57.4 Å². The molecule has 2 rings (SSSR count). The van der Waals surface area contributed by atoms with Crippen molar-refractivity contribution < 1.29 is 0 Å². The van der Waals surface area contributed by atoms with Crippen molar-refractivity contribution in [2.75, 3.05) is 11.4 Å². The lowest BCUT2D eigenvalue weighted by molar-refractivity contribution is 0.582. The quantitative estimate of drug-likeness (QED) is 0.431. The van der Waals surface area contributed by atoms with Crippen LogP contribution in [0.4, 0.5) is 5.69 Å². The van der Waals surface area contributed by atoms with Crippen molar-refractivity contribution in [2.45, 2.75) is 58.4 Å². The van der Waals surface area contributed by atoms with E-state index in [0.29, 0.717) is 0 Å². The molecule has 2 aromatic rings. The molecule has 0 aliphatic carbocycles. The maximum absolute atomic E-state index is 2.52. The first-order chi connectivity index (χ1) is 11.4. The van der Waals surface area contributed by atoms with Crippen molar-refractivity contribution in [3.63, 3.8) is 0 Å². The zero-order valence-electron chi connectivity index (χ0n) is 14.6. The molecule has 124 valence electrons. The molecule has 0 bridgehead atoms. The minimum Gasteiger partial charge on any atom is -0.367 e. The summed E-state index contributed by atoms with van der Waals surface area (Å²) in [5, 5.41) is 0. The van der Waals surface area contributed by atoms with Crippen molar-refractivity contribution in [3.05, 3.63) is 66.2 Å². The van der Waals surface area contributed by atoms with E-state index in [1.165, 1.54) is 56.2 Å². The zero-order valence-corrected chi connectivity index (χ0v) is 14.6. The number of rotatable bonds is 11. The highest BCUT2D eigenvalue weighted by Gasteiger charge is 2.06. The van der Waals surface area contributed by atoms with Crippen LogP contribution < -0.4 is 4.90 Å². The normalized spacial score (nSPS) is 10.7. The molecule has 0 unspecified atom stereocenters. The number of unbranched alkanes of at least 4 members (excludes halogenated alkanes) is 6. The third kappa shape index (κ3) is 6.90. The first-order valence-electron chi connectivity index (χ1n) is 9.24. The van der Waals surface area contributed by atoms with Gasteiger partial charge in [-0.1, -0.05) is 94.0 Å². The predicted octanol–water partition coefficient (Wildman–Crippen LogP) is 6.44. The average molecular weight is 309 g/mol. The van der Waals surface area contributed by atoms with Crippen molar-refractivity contribution in [2.24, 2.45) is 0 Å². The fourth-order valence-electron chi connectivity index (χ4n) is 3.00. The van der Waals surface area contributed by atoms with E-state index in [-0.39, 0.29) is 0 Å². The summed E-state index contributed by atoms with van der Waals surface area (Å²) in [6.45, 7) is 4.43. The topological polar surface area (TPSA) is 3.24 Å². The van der Waals surface area contributed by atoms with Gasteiger partial charge in [0.2, 0.25) is 0 Å². The smallest absolute Gasteiger partial charge is 0.0429 e. The highest BCUT2D eigenvalue weighted by Crippen LogP contribution is 2.18. The monoisotopic (exact) mass is 309 g/mol. The van der Waals surface area contributed by atoms with Crippen LogP contribution in [0.3, 0.4) is 0 Å². The van der Waals surface area contributed by atoms with Crippen LogP contribution in [-0.4, -0.2) is 6.54 Å². The largest absolute Gasteiger partial charge is 0.367 e. The molecule has 0 saturated heterocycles. The van der Waals surface area contributed by atoms with E-state index in [9.17, 15) is 0 Å². The lowest BCUT2D eigenvalue weighted by atomic mass is 10.1. The van der Waals surface area contributed by atoms with Gasteiger partial charge in [0, 0.05) is 18.8 Å². The lowest BCUT2D eigenvalue weighted by Gasteiger charge is -2.25. The van der Waals surface area contributed by atoms with Gasteiger partial charge in [-0.05, 0) is 24.1 Å². The van der Waals surface area contributed by atoms with Crippen LogP contribution in [-0.2, 0) is 6.54 Å². The molecule has 0 amide bonds. The van der Waals surface area contributed by atoms with Gasteiger partial charge in [-0.3, -0.25) is 0 Å². The van der Waals surface area contributed by atoms with Crippen LogP contribution in [0.5, 0.6) is 0 Å². The van der Waals surface area contributed by atoms with Gasteiger partial charge < -0.3 is 4.90 Å². The maximum atomic E-state index is 2.52. The molecule has 0 aliphatic heterocycles. The Morgan fingerprint density at radius 3 is 1.87 bits per heavy atom. The number of hydrogen-bond donors (Lipinski definition) is 0. The minimum atomic E-state index is 1.00. The van der Waals surface area contributed by atoms with Gasteiger partial charge in [0.15, 0.2) is 0 Å². The molecule has 0 atom stereocenters. The Kier molecular flexibility index (Phi) is 8.32. The average Bonchev–Trinajstić information content (AvgIpc) is 2.61. The molecule has 0 aromatic heterocycles. The summed E-state index contributed by atoms with van der Waals surface area (Å²) in [5.41, 5.74) is 2.72. The molecule has 0 N–H and O–H groups in total. The van der Waals surface area contributed by atoms with Gasteiger partial charge in [-0.25, -0.2) is 0 Å². The van der Waals surface area contributed by atoms with Crippen molar-refractivity contribution in [1.29, 1.82) is 0 Å². The second kappa shape index (κ2) is 10.9. The molecule has 0 fully saturated rings. The molecule has 1 nitrogen and oxygen atoms in total. The van der Waals surface area contributed by atoms with Crippen molar-refractivity contribution in [1.82, 2.24) is 0 Å². The number of para-hydroxylation sites is 1. The lowest BCUT2D eigenvalue weighted by Crippen LogP contribution is -2.23. The zero-order chi connectivity index (χ0) is 16.2. The summed E-state index contributed by atoms with van der Waals surface area (Å²) in [6, 6.07) is 21.6. The van der Waals surface area contributed by atoms with Gasteiger partial charge in [0.1, 0.15) is 0 Å². The fourth-order valence-corrected chi connectivity index (χ4v) is 3.00. The number of anilines is 1.